The number of hydrogen-bond acceptors (Lipinski definition) is 3. The molecule has 130 valence electrons. The molecule has 1 rings (SSSR count). The van der Waals surface area contributed by atoms with Crippen LogP contribution in [0.25, 0.3) is 0 Å². The van der Waals surface area contributed by atoms with E-state index in [9.17, 15) is 14.7 Å². The summed E-state index contributed by atoms with van der Waals surface area (Å²) in [4.78, 5) is 23.8. The third kappa shape index (κ3) is 6.04. The molecular formula is C17H29N3O3. The number of carboxylic acid groups (broad SMARTS) is 1. The van der Waals surface area contributed by atoms with Gasteiger partial charge in [0.2, 0.25) is 0 Å². The van der Waals surface area contributed by atoms with Crippen molar-refractivity contribution < 1.29 is 14.7 Å². The number of aliphatic carboxylic acids is 1. The molecular weight excluding hydrogens is 294 g/mol. The van der Waals surface area contributed by atoms with Crippen LogP contribution in [-0.4, -0.2) is 32.8 Å². The van der Waals surface area contributed by atoms with E-state index in [-0.39, 0.29) is 11.3 Å². The number of carboxylic acids is 1. The highest BCUT2D eigenvalue weighted by Gasteiger charge is 2.24. The van der Waals surface area contributed by atoms with E-state index < -0.39 is 12.0 Å². The summed E-state index contributed by atoms with van der Waals surface area (Å²) in [5.74, 6) is -0.961. The summed E-state index contributed by atoms with van der Waals surface area (Å²) in [6.45, 7) is 12.9. The molecule has 0 aliphatic heterocycles. The first-order chi connectivity index (χ1) is 10.5. The van der Waals surface area contributed by atoms with Crippen molar-refractivity contribution in [2.75, 3.05) is 0 Å². The number of carbonyl (C=O) groups excluding carboxylic acids is 1. The standard InChI is InChI=1S/C17H29N3O3/c1-11(2)10-20-12(3)13(9-18-20)15(21)19-14(16(22)23)7-8-17(4,5)6/h9,11,14H,7-8,10H2,1-6H3,(H,19,21)(H,22,23). The predicted molar refractivity (Wildman–Crippen MR) is 89.4 cm³/mol. The molecule has 1 heterocycles. The maximum atomic E-state index is 12.4. The van der Waals surface area contributed by atoms with Crippen molar-refractivity contribution in [3.63, 3.8) is 0 Å². The van der Waals surface area contributed by atoms with E-state index in [2.05, 4.69) is 24.3 Å². The molecule has 1 amide bonds. The van der Waals surface area contributed by atoms with Gasteiger partial charge in [0.15, 0.2) is 0 Å². The number of aromatic nitrogens is 2. The van der Waals surface area contributed by atoms with E-state index in [1.165, 1.54) is 6.20 Å². The van der Waals surface area contributed by atoms with E-state index in [0.29, 0.717) is 17.9 Å². The van der Waals surface area contributed by atoms with E-state index in [0.717, 1.165) is 18.7 Å². The van der Waals surface area contributed by atoms with Crippen LogP contribution in [0.5, 0.6) is 0 Å². The first-order valence-corrected chi connectivity index (χ1v) is 8.07. The third-order valence-electron chi connectivity index (χ3n) is 3.67. The molecule has 6 nitrogen and oxygen atoms in total. The monoisotopic (exact) mass is 323 g/mol. The molecule has 0 saturated carbocycles. The minimum absolute atomic E-state index is 0.0243. The van der Waals surface area contributed by atoms with Gasteiger partial charge in [-0.05, 0) is 31.1 Å². The first kappa shape index (κ1) is 19.2. The fourth-order valence-corrected chi connectivity index (χ4v) is 2.27. The van der Waals surface area contributed by atoms with Crippen LogP contribution in [0.3, 0.4) is 0 Å². The highest BCUT2D eigenvalue weighted by molar-refractivity contribution is 5.97. The van der Waals surface area contributed by atoms with Crippen LogP contribution in [0, 0.1) is 18.3 Å². The molecule has 0 aliphatic carbocycles. The Labute approximate surface area is 138 Å². The highest BCUT2D eigenvalue weighted by atomic mass is 16.4. The van der Waals surface area contributed by atoms with Crippen molar-refractivity contribution in [1.82, 2.24) is 15.1 Å². The van der Waals surface area contributed by atoms with Gasteiger partial charge in [0.05, 0.1) is 11.8 Å². The van der Waals surface area contributed by atoms with Gasteiger partial charge in [0, 0.05) is 12.2 Å². The Morgan fingerprint density at radius 2 is 1.96 bits per heavy atom. The second-order valence-corrected chi connectivity index (χ2v) is 7.68. The van der Waals surface area contributed by atoms with E-state index in [4.69, 9.17) is 0 Å². The smallest absolute Gasteiger partial charge is 0.326 e. The summed E-state index contributed by atoms with van der Waals surface area (Å²) in [6.07, 6.45) is 2.63. The van der Waals surface area contributed by atoms with Gasteiger partial charge in [-0.15, -0.1) is 0 Å². The van der Waals surface area contributed by atoms with Crippen molar-refractivity contribution in [2.24, 2.45) is 11.3 Å². The minimum Gasteiger partial charge on any atom is -0.480 e. The summed E-state index contributed by atoms with van der Waals surface area (Å²) >= 11 is 0. The van der Waals surface area contributed by atoms with Gasteiger partial charge in [-0.1, -0.05) is 34.6 Å². The Bertz CT molecular complexity index is 556. The van der Waals surface area contributed by atoms with Crippen LogP contribution in [0.1, 0.15) is 63.5 Å². The maximum absolute atomic E-state index is 12.4. The normalized spacial score (nSPS) is 13.2. The third-order valence-corrected chi connectivity index (χ3v) is 3.67. The lowest BCUT2D eigenvalue weighted by molar-refractivity contribution is -0.139. The van der Waals surface area contributed by atoms with Gasteiger partial charge in [-0.3, -0.25) is 9.48 Å². The van der Waals surface area contributed by atoms with E-state index in [1.807, 2.05) is 27.7 Å². The van der Waals surface area contributed by atoms with Crippen LogP contribution in [0.4, 0.5) is 0 Å². The van der Waals surface area contributed by atoms with Gasteiger partial charge in [-0.2, -0.15) is 5.10 Å². The summed E-state index contributed by atoms with van der Waals surface area (Å²) in [7, 11) is 0. The van der Waals surface area contributed by atoms with Gasteiger partial charge >= 0.3 is 5.97 Å². The van der Waals surface area contributed by atoms with Crippen LogP contribution in [-0.2, 0) is 11.3 Å². The molecule has 6 heteroatoms. The summed E-state index contributed by atoms with van der Waals surface area (Å²) < 4.78 is 1.78. The summed E-state index contributed by atoms with van der Waals surface area (Å²) in [5, 5.41) is 16.2. The Kier molecular flexibility index (Phi) is 6.36. The average molecular weight is 323 g/mol. The van der Waals surface area contributed by atoms with Gasteiger partial charge in [0.1, 0.15) is 6.04 Å². The van der Waals surface area contributed by atoms with Crippen molar-refractivity contribution in [1.29, 1.82) is 0 Å². The SMILES string of the molecule is Cc1c(C(=O)NC(CCC(C)(C)C)C(=O)O)cnn1CC(C)C. The zero-order valence-corrected chi connectivity index (χ0v) is 15.0. The van der Waals surface area contributed by atoms with Crippen LogP contribution in [0.2, 0.25) is 0 Å². The van der Waals surface area contributed by atoms with Crippen molar-refractivity contribution >= 4 is 11.9 Å². The summed E-state index contributed by atoms with van der Waals surface area (Å²) in [5.41, 5.74) is 1.22. The molecule has 0 aromatic carbocycles. The van der Waals surface area contributed by atoms with Crippen molar-refractivity contribution in [3.05, 3.63) is 17.5 Å². The second-order valence-electron chi connectivity index (χ2n) is 7.68. The molecule has 2 N–H and O–H groups in total. The number of hydrogen-bond donors (Lipinski definition) is 2. The number of nitrogens with one attached hydrogen (secondary N) is 1. The van der Waals surface area contributed by atoms with Crippen LogP contribution in [0.15, 0.2) is 6.20 Å². The lowest BCUT2D eigenvalue weighted by atomic mass is 9.88. The molecule has 0 fully saturated rings. The Balaban J connectivity index is 2.79. The molecule has 1 aromatic rings. The number of carbonyl (C=O) groups is 2. The Morgan fingerprint density at radius 1 is 1.35 bits per heavy atom. The summed E-state index contributed by atoms with van der Waals surface area (Å²) in [6, 6.07) is -0.880. The largest absolute Gasteiger partial charge is 0.480 e. The fourth-order valence-electron chi connectivity index (χ4n) is 2.27. The molecule has 0 spiro atoms. The Hall–Kier alpha value is -1.85. The van der Waals surface area contributed by atoms with Crippen molar-refractivity contribution in [3.8, 4) is 0 Å². The Morgan fingerprint density at radius 3 is 2.43 bits per heavy atom. The molecule has 1 atom stereocenters. The minimum atomic E-state index is -1.00. The van der Waals surface area contributed by atoms with E-state index >= 15 is 0 Å². The second kappa shape index (κ2) is 7.62. The number of nitrogens with zero attached hydrogens (tertiary/aromatic N) is 2. The molecule has 0 saturated heterocycles. The lowest BCUT2D eigenvalue weighted by Gasteiger charge is -2.21. The molecule has 1 unspecified atom stereocenters. The molecule has 23 heavy (non-hydrogen) atoms. The predicted octanol–water partition coefficient (Wildman–Crippen LogP) is 2.86. The van der Waals surface area contributed by atoms with Gasteiger partial charge in [-0.25, -0.2) is 4.79 Å². The zero-order valence-electron chi connectivity index (χ0n) is 15.0. The fraction of sp³-hybridized carbons (Fsp3) is 0.706. The quantitative estimate of drug-likeness (QED) is 0.808. The van der Waals surface area contributed by atoms with Gasteiger partial charge < -0.3 is 10.4 Å². The van der Waals surface area contributed by atoms with Crippen LogP contribution >= 0.6 is 0 Å². The molecule has 0 radical (unpaired) electrons. The zero-order chi connectivity index (χ0) is 17.8. The highest BCUT2D eigenvalue weighted by Crippen LogP contribution is 2.22. The number of amides is 1. The van der Waals surface area contributed by atoms with E-state index in [1.54, 1.807) is 4.68 Å². The van der Waals surface area contributed by atoms with Crippen molar-refractivity contribution in [2.45, 2.75) is 67.0 Å². The topological polar surface area (TPSA) is 84.2 Å². The lowest BCUT2D eigenvalue weighted by Crippen LogP contribution is -2.41. The number of rotatable bonds is 7. The molecule has 1 aromatic heterocycles. The average Bonchev–Trinajstić information content (AvgIpc) is 2.74. The molecule has 0 aliphatic rings. The first-order valence-electron chi connectivity index (χ1n) is 8.07. The molecule has 0 bridgehead atoms. The van der Waals surface area contributed by atoms with Crippen LogP contribution < -0.4 is 5.32 Å². The van der Waals surface area contributed by atoms with Gasteiger partial charge in [0.25, 0.3) is 5.91 Å². The maximum Gasteiger partial charge on any atom is 0.326 e.